The summed E-state index contributed by atoms with van der Waals surface area (Å²) in [6.45, 7) is 3.67. The number of anilines is 3. The zero-order chi connectivity index (χ0) is 19.1. The van der Waals surface area contributed by atoms with Gasteiger partial charge in [-0.05, 0) is 13.8 Å². The predicted octanol–water partition coefficient (Wildman–Crippen LogP) is 1.51. The maximum Gasteiger partial charge on any atom is 0.316 e. The molecular formula is C17H20FN7O2. The van der Waals surface area contributed by atoms with E-state index in [4.69, 9.17) is 4.74 Å². The standard InChI is InChI=1S/C17H20FN7O2/c1-8-13-14(25(3)9(2)15(26)23-13)24-16(21-8)22-11-4-12(5-11)27-17-19-6-10(18)7-20-17/h6-7,9,11-12H,4-5H2,1-3H3,(H,23,26)(H,21,22,24)/t9-,11?,12?/m0/s1. The van der Waals surface area contributed by atoms with Crippen molar-refractivity contribution in [1.82, 2.24) is 19.9 Å². The zero-order valence-corrected chi connectivity index (χ0v) is 15.2. The van der Waals surface area contributed by atoms with Gasteiger partial charge < -0.3 is 20.3 Å². The summed E-state index contributed by atoms with van der Waals surface area (Å²) in [5.41, 5.74) is 1.36. The Morgan fingerprint density at radius 3 is 2.70 bits per heavy atom. The van der Waals surface area contributed by atoms with E-state index in [0.717, 1.165) is 25.2 Å². The highest BCUT2D eigenvalue weighted by Crippen LogP contribution is 2.33. The van der Waals surface area contributed by atoms with Crippen molar-refractivity contribution in [2.75, 3.05) is 22.6 Å². The largest absolute Gasteiger partial charge is 0.460 e. The van der Waals surface area contributed by atoms with Crippen molar-refractivity contribution in [3.05, 3.63) is 23.9 Å². The van der Waals surface area contributed by atoms with Gasteiger partial charge >= 0.3 is 6.01 Å². The number of hydrogen-bond donors (Lipinski definition) is 2. The highest BCUT2D eigenvalue weighted by molar-refractivity contribution is 6.03. The number of fused-ring (bicyclic) bond motifs is 1. The number of ether oxygens (including phenoxy) is 1. The molecule has 2 aromatic rings. The lowest BCUT2D eigenvalue weighted by Crippen LogP contribution is -2.45. The van der Waals surface area contributed by atoms with Crippen molar-refractivity contribution in [2.45, 2.75) is 44.9 Å². The van der Waals surface area contributed by atoms with Crippen LogP contribution in [0.25, 0.3) is 0 Å². The van der Waals surface area contributed by atoms with Crippen LogP contribution in [0.3, 0.4) is 0 Å². The first-order valence-electron chi connectivity index (χ1n) is 8.74. The zero-order valence-electron chi connectivity index (χ0n) is 15.2. The van der Waals surface area contributed by atoms with Crippen LogP contribution < -0.4 is 20.3 Å². The normalized spacial score (nSPS) is 23.9. The first-order chi connectivity index (χ1) is 12.9. The number of hydrogen-bond acceptors (Lipinski definition) is 8. The third-order valence-corrected chi connectivity index (χ3v) is 4.91. The van der Waals surface area contributed by atoms with Crippen LogP contribution in [0.5, 0.6) is 6.01 Å². The van der Waals surface area contributed by atoms with E-state index >= 15 is 0 Å². The molecule has 142 valence electrons. The van der Waals surface area contributed by atoms with E-state index in [1.54, 1.807) is 0 Å². The average Bonchev–Trinajstić information content (AvgIpc) is 2.61. The van der Waals surface area contributed by atoms with Gasteiger partial charge in [-0.15, -0.1) is 0 Å². The van der Waals surface area contributed by atoms with Crippen molar-refractivity contribution in [3.63, 3.8) is 0 Å². The van der Waals surface area contributed by atoms with Crippen LogP contribution in [0.15, 0.2) is 12.4 Å². The Labute approximate surface area is 155 Å². The molecule has 1 aliphatic carbocycles. The maximum atomic E-state index is 12.8. The predicted molar refractivity (Wildman–Crippen MR) is 96.3 cm³/mol. The number of nitrogens with zero attached hydrogens (tertiary/aromatic N) is 5. The maximum absolute atomic E-state index is 12.8. The quantitative estimate of drug-likeness (QED) is 0.831. The second kappa shape index (κ2) is 6.60. The molecule has 1 atom stereocenters. The van der Waals surface area contributed by atoms with Gasteiger partial charge in [-0.25, -0.2) is 19.3 Å². The molecule has 1 saturated carbocycles. The topological polar surface area (TPSA) is 105 Å². The van der Waals surface area contributed by atoms with Crippen LogP contribution in [0.2, 0.25) is 0 Å². The summed E-state index contributed by atoms with van der Waals surface area (Å²) in [5.74, 6) is 0.650. The summed E-state index contributed by atoms with van der Waals surface area (Å²) in [4.78, 5) is 30.4. The molecule has 0 radical (unpaired) electrons. The van der Waals surface area contributed by atoms with Gasteiger partial charge in [0.25, 0.3) is 0 Å². The van der Waals surface area contributed by atoms with E-state index in [1.807, 2.05) is 25.8 Å². The smallest absolute Gasteiger partial charge is 0.316 e. The van der Waals surface area contributed by atoms with Gasteiger partial charge in [-0.2, -0.15) is 4.98 Å². The van der Waals surface area contributed by atoms with Gasteiger partial charge in [0.2, 0.25) is 11.9 Å². The van der Waals surface area contributed by atoms with E-state index in [2.05, 4.69) is 30.6 Å². The van der Waals surface area contributed by atoms with E-state index in [-0.39, 0.29) is 30.1 Å². The van der Waals surface area contributed by atoms with Gasteiger partial charge in [0, 0.05) is 25.9 Å². The molecule has 9 nitrogen and oxygen atoms in total. The first-order valence-corrected chi connectivity index (χ1v) is 8.74. The number of rotatable bonds is 4. The number of amides is 1. The molecule has 4 rings (SSSR count). The van der Waals surface area contributed by atoms with E-state index in [1.165, 1.54) is 0 Å². The fourth-order valence-corrected chi connectivity index (χ4v) is 3.08. The third kappa shape index (κ3) is 3.34. The lowest BCUT2D eigenvalue weighted by molar-refractivity contribution is -0.117. The Morgan fingerprint density at radius 1 is 1.30 bits per heavy atom. The van der Waals surface area contributed by atoms with Crippen LogP contribution in [0.4, 0.5) is 21.8 Å². The summed E-state index contributed by atoms with van der Waals surface area (Å²) in [7, 11) is 1.84. The van der Waals surface area contributed by atoms with Gasteiger partial charge in [-0.3, -0.25) is 4.79 Å². The van der Waals surface area contributed by atoms with Crippen LogP contribution in [-0.2, 0) is 4.79 Å². The molecule has 0 bridgehead atoms. The number of aryl methyl sites for hydroxylation is 1. The second-order valence-electron chi connectivity index (χ2n) is 6.84. The van der Waals surface area contributed by atoms with Gasteiger partial charge in [0.15, 0.2) is 11.6 Å². The highest BCUT2D eigenvalue weighted by Gasteiger charge is 2.34. The summed E-state index contributed by atoms with van der Waals surface area (Å²) in [6.07, 6.45) is 3.61. The number of halogens is 1. The van der Waals surface area contributed by atoms with Crippen LogP contribution in [0, 0.1) is 12.7 Å². The second-order valence-corrected chi connectivity index (χ2v) is 6.84. The Balaban J connectivity index is 1.39. The lowest BCUT2D eigenvalue weighted by Gasteiger charge is -2.36. The Hall–Kier alpha value is -3.04. The number of carbonyl (C=O) groups excluding carboxylic acids is 1. The minimum Gasteiger partial charge on any atom is -0.460 e. The van der Waals surface area contributed by atoms with Crippen molar-refractivity contribution >= 4 is 23.4 Å². The molecule has 1 amide bonds. The molecule has 3 heterocycles. The fraction of sp³-hybridized carbons (Fsp3) is 0.471. The van der Waals surface area contributed by atoms with Crippen molar-refractivity contribution in [3.8, 4) is 6.01 Å². The third-order valence-electron chi connectivity index (χ3n) is 4.91. The van der Waals surface area contributed by atoms with E-state index in [0.29, 0.717) is 23.1 Å². The van der Waals surface area contributed by atoms with Gasteiger partial charge in [0.1, 0.15) is 17.8 Å². The van der Waals surface area contributed by atoms with Crippen molar-refractivity contribution in [1.29, 1.82) is 0 Å². The molecule has 1 fully saturated rings. The SMILES string of the molecule is Cc1nc(NC2CC(Oc3ncc(F)cn3)C2)nc2c1NC(=O)[C@H](C)N2C. The van der Waals surface area contributed by atoms with Crippen LogP contribution in [-0.4, -0.2) is 51.1 Å². The fourth-order valence-electron chi connectivity index (χ4n) is 3.08. The molecule has 27 heavy (non-hydrogen) atoms. The number of nitrogens with one attached hydrogen (secondary N) is 2. The van der Waals surface area contributed by atoms with Gasteiger partial charge in [0.05, 0.1) is 18.1 Å². The molecule has 2 aliphatic rings. The molecule has 2 N–H and O–H groups in total. The molecule has 0 saturated heterocycles. The molecule has 0 unspecified atom stereocenters. The Kier molecular flexibility index (Phi) is 4.25. The Bertz CT molecular complexity index is 870. The lowest BCUT2D eigenvalue weighted by atomic mass is 9.89. The molecule has 0 aromatic carbocycles. The monoisotopic (exact) mass is 373 g/mol. The van der Waals surface area contributed by atoms with E-state index < -0.39 is 5.82 Å². The van der Waals surface area contributed by atoms with Crippen molar-refractivity contribution < 1.29 is 13.9 Å². The Morgan fingerprint density at radius 2 is 2.00 bits per heavy atom. The highest BCUT2D eigenvalue weighted by atomic mass is 19.1. The molecule has 0 spiro atoms. The van der Waals surface area contributed by atoms with Gasteiger partial charge in [-0.1, -0.05) is 0 Å². The molecular weight excluding hydrogens is 353 g/mol. The molecule has 1 aliphatic heterocycles. The summed E-state index contributed by atoms with van der Waals surface area (Å²) in [5, 5.41) is 6.16. The number of likely N-dealkylation sites (N-methyl/N-ethyl adjacent to an activating group) is 1. The van der Waals surface area contributed by atoms with Crippen LogP contribution in [0.1, 0.15) is 25.5 Å². The summed E-state index contributed by atoms with van der Waals surface area (Å²) >= 11 is 0. The van der Waals surface area contributed by atoms with Crippen molar-refractivity contribution in [2.24, 2.45) is 0 Å². The van der Waals surface area contributed by atoms with E-state index in [9.17, 15) is 9.18 Å². The summed E-state index contributed by atoms with van der Waals surface area (Å²) < 4.78 is 18.4. The number of aromatic nitrogens is 4. The molecule has 10 heteroatoms. The summed E-state index contributed by atoms with van der Waals surface area (Å²) in [6, 6.07) is 0.0396. The average molecular weight is 373 g/mol. The van der Waals surface area contributed by atoms with Crippen LogP contribution >= 0.6 is 0 Å². The number of carbonyl (C=O) groups is 1. The minimum absolute atomic E-state index is 0.0336. The molecule has 2 aromatic heterocycles. The first kappa shape index (κ1) is 17.4. The minimum atomic E-state index is -0.495.